The molecular formula is C13H24ClNO. The number of nitrogens with zero attached hydrogens (tertiary/aromatic N) is 1. The van der Waals surface area contributed by atoms with Crippen molar-refractivity contribution in [3.05, 3.63) is 0 Å². The molecule has 0 aromatic heterocycles. The van der Waals surface area contributed by atoms with Crippen LogP contribution >= 0.6 is 11.6 Å². The fourth-order valence-electron chi connectivity index (χ4n) is 2.49. The van der Waals surface area contributed by atoms with Crippen LogP contribution in [0.5, 0.6) is 0 Å². The van der Waals surface area contributed by atoms with Gasteiger partial charge in [0, 0.05) is 18.3 Å². The standard InChI is InChI=1S/C13H24ClNO/c1-5-13(8-6-7-9-13)11(16)15(4)12(2,3)10-14/h5-10H2,1-4H3. The lowest BCUT2D eigenvalue weighted by Crippen LogP contribution is -2.51. The molecule has 0 bridgehead atoms. The number of carbonyl (C=O) groups excluding carboxylic acids is 1. The van der Waals surface area contributed by atoms with Crippen molar-refractivity contribution in [3.63, 3.8) is 0 Å². The quantitative estimate of drug-likeness (QED) is 0.695. The van der Waals surface area contributed by atoms with Gasteiger partial charge in [-0.2, -0.15) is 0 Å². The zero-order chi connectivity index (χ0) is 12.4. The highest BCUT2D eigenvalue weighted by molar-refractivity contribution is 6.18. The molecule has 1 fully saturated rings. The number of hydrogen-bond donors (Lipinski definition) is 0. The normalized spacial score (nSPS) is 19.8. The van der Waals surface area contributed by atoms with E-state index in [0.29, 0.717) is 5.88 Å². The molecule has 0 heterocycles. The molecule has 2 nitrogen and oxygen atoms in total. The van der Waals surface area contributed by atoms with Crippen LogP contribution in [0.2, 0.25) is 0 Å². The van der Waals surface area contributed by atoms with Crippen LogP contribution in [0, 0.1) is 5.41 Å². The first-order valence-electron chi connectivity index (χ1n) is 6.24. The van der Waals surface area contributed by atoms with E-state index in [1.165, 1.54) is 12.8 Å². The first-order chi connectivity index (χ1) is 7.39. The Morgan fingerprint density at radius 3 is 2.25 bits per heavy atom. The van der Waals surface area contributed by atoms with Crippen LogP contribution in [0.25, 0.3) is 0 Å². The van der Waals surface area contributed by atoms with Gasteiger partial charge in [-0.1, -0.05) is 19.8 Å². The third kappa shape index (κ3) is 2.37. The minimum absolute atomic E-state index is 0.0991. The second kappa shape index (κ2) is 4.95. The van der Waals surface area contributed by atoms with Crippen LogP contribution in [-0.4, -0.2) is 29.3 Å². The maximum atomic E-state index is 12.6. The van der Waals surface area contributed by atoms with Crippen molar-refractivity contribution in [1.29, 1.82) is 0 Å². The molecule has 1 aliphatic rings. The Kier molecular flexibility index (Phi) is 4.28. The van der Waals surface area contributed by atoms with Crippen molar-refractivity contribution in [2.24, 2.45) is 5.41 Å². The van der Waals surface area contributed by atoms with Gasteiger partial charge in [-0.3, -0.25) is 4.79 Å². The summed E-state index contributed by atoms with van der Waals surface area (Å²) in [6.45, 7) is 6.18. The lowest BCUT2D eigenvalue weighted by Gasteiger charge is -2.40. The second-order valence-corrected chi connectivity index (χ2v) is 5.92. The van der Waals surface area contributed by atoms with E-state index >= 15 is 0 Å². The third-order valence-corrected chi connectivity index (χ3v) is 4.88. The van der Waals surface area contributed by atoms with Gasteiger partial charge < -0.3 is 4.90 Å². The maximum Gasteiger partial charge on any atom is 0.228 e. The van der Waals surface area contributed by atoms with Gasteiger partial charge in [0.15, 0.2) is 0 Å². The summed E-state index contributed by atoms with van der Waals surface area (Å²) < 4.78 is 0. The fraction of sp³-hybridized carbons (Fsp3) is 0.923. The van der Waals surface area contributed by atoms with Gasteiger partial charge in [-0.05, 0) is 33.1 Å². The molecule has 0 unspecified atom stereocenters. The molecule has 1 saturated carbocycles. The molecule has 0 atom stereocenters. The van der Waals surface area contributed by atoms with Crippen molar-refractivity contribution in [2.45, 2.75) is 58.4 Å². The van der Waals surface area contributed by atoms with E-state index in [-0.39, 0.29) is 16.9 Å². The zero-order valence-corrected chi connectivity index (χ0v) is 11.7. The third-order valence-electron chi connectivity index (χ3n) is 4.23. The lowest BCUT2D eigenvalue weighted by atomic mass is 9.81. The summed E-state index contributed by atoms with van der Waals surface area (Å²) in [5, 5.41) is 0. The van der Waals surface area contributed by atoms with Gasteiger partial charge in [-0.25, -0.2) is 0 Å². The molecule has 1 amide bonds. The molecule has 0 aromatic carbocycles. The summed E-state index contributed by atoms with van der Waals surface area (Å²) in [4.78, 5) is 14.4. The Morgan fingerprint density at radius 2 is 1.88 bits per heavy atom. The maximum absolute atomic E-state index is 12.6. The number of amides is 1. The molecule has 0 radical (unpaired) electrons. The van der Waals surface area contributed by atoms with E-state index in [1.54, 1.807) is 0 Å². The number of alkyl halides is 1. The molecule has 16 heavy (non-hydrogen) atoms. The van der Waals surface area contributed by atoms with Crippen LogP contribution in [0.3, 0.4) is 0 Å². The molecule has 3 heteroatoms. The fourth-order valence-corrected chi connectivity index (χ4v) is 2.67. The van der Waals surface area contributed by atoms with Crippen molar-refractivity contribution < 1.29 is 4.79 Å². The Balaban J connectivity index is 2.84. The summed E-state index contributed by atoms with van der Waals surface area (Å²) in [5.41, 5.74) is -0.346. The van der Waals surface area contributed by atoms with E-state index in [9.17, 15) is 4.79 Å². The summed E-state index contributed by atoms with van der Waals surface area (Å²) >= 11 is 5.93. The molecule has 0 aromatic rings. The SMILES string of the molecule is CCC1(C(=O)N(C)C(C)(C)CCl)CCCC1. The van der Waals surface area contributed by atoms with Gasteiger partial charge >= 0.3 is 0 Å². The molecule has 1 rings (SSSR count). The number of carbonyl (C=O) groups is 1. The van der Waals surface area contributed by atoms with Crippen LogP contribution in [0.4, 0.5) is 0 Å². The predicted octanol–water partition coefficient (Wildman–Crippen LogP) is 3.43. The van der Waals surface area contributed by atoms with E-state index in [4.69, 9.17) is 11.6 Å². The predicted molar refractivity (Wildman–Crippen MR) is 68.8 cm³/mol. The zero-order valence-electron chi connectivity index (χ0n) is 11.0. The second-order valence-electron chi connectivity index (χ2n) is 5.65. The average Bonchev–Trinajstić information content (AvgIpc) is 2.76. The van der Waals surface area contributed by atoms with E-state index < -0.39 is 0 Å². The smallest absolute Gasteiger partial charge is 0.228 e. The van der Waals surface area contributed by atoms with Gasteiger partial charge in [0.1, 0.15) is 0 Å². The van der Waals surface area contributed by atoms with Crippen molar-refractivity contribution in [2.75, 3.05) is 12.9 Å². The molecule has 1 aliphatic carbocycles. The molecule has 0 aliphatic heterocycles. The van der Waals surface area contributed by atoms with Gasteiger partial charge in [0.2, 0.25) is 5.91 Å². The van der Waals surface area contributed by atoms with Crippen LogP contribution in [0.15, 0.2) is 0 Å². The molecule has 94 valence electrons. The molecule has 0 N–H and O–H groups in total. The summed E-state index contributed by atoms with van der Waals surface area (Å²) in [5.74, 6) is 0.771. The first-order valence-corrected chi connectivity index (χ1v) is 6.77. The molecular weight excluding hydrogens is 222 g/mol. The number of halogens is 1. The summed E-state index contributed by atoms with van der Waals surface area (Å²) in [6.07, 6.45) is 5.42. The van der Waals surface area contributed by atoms with Gasteiger partial charge in [0.05, 0.1) is 5.54 Å². The van der Waals surface area contributed by atoms with Crippen molar-refractivity contribution in [1.82, 2.24) is 4.90 Å². The summed E-state index contributed by atoms with van der Waals surface area (Å²) in [7, 11) is 1.89. The van der Waals surface area contributed by atoms with Gasteiger partial charge in [0.25, 0.3) is 0 Å². The van der Waals surface area contributed by atoms with E-state index in [0.717, 1.165) is 19.3 Å². The highest BCUT2D eigenvalue weighted by atomic mass is 35.5. The Hall–Kier alpha value is -0.240. The topological polar surface area (TPSA) is 20.3 Å². The van der Waals surface area contributed by atoms with Crippen LogP contribution < -0.4 is 0 Å². The van der Waals surface area contributed by atoms with E-state index in [2.05, 4.69) is 6.92 Å². The van der Waals surface area contributed by atoms with Gasteiger partial charge in [-0.15, -0.1) is 11.6 Å². The van der Waals surface area contributed by atoms with E-state index in [1.807, 2.05) is 25.8 Å². The Labute approximate surface area is 104 Å². The van der Waals surface area contributed by atoms with Crippen LogP contribution in [-0.2, 0) is 4.79 Å². The summed E-state index contributed by atoms with van der Waals surface area (Å²) in [6, 6.07) is 0. The van der Waals surface area contributed by atoms with Crippen molar-refractivity contribution >= 4 is 17.5 Å². The van der Waals surface area contributed by atoms with Crippen LogP contribution in [0.1, 0.15) is 52.9 Å². The van der Waals surface area contributed by atoms with Crippen molar-refractivity contribution in [3.8, 4) is 0 Å². The Morgan fingerprint density at radius 1 is 1.38 bits per heavy atom. The first kappa shape index (κ1) is 13.8. The highest BCUT2D eigenvalue weighted by Gasteiger charge is 2.43. The largest absolute Gasteiger partial charge is 0.339 e. The number of hydrogen-bond acceptors (Lipinski definition) is 1. The Bertz CT molecular complexity index is 257. The lowest BCUT2D eigenvalue weighted by molar-refractivity contribution is -0.145. The minimum Gasteiger partial charge on any atom is -0.339 e. The monoisotopic (exact) mass is 245 g/mol. The minimum atomic E-state index is -0.247. The number of rotatable bonds is 4. The average molecular weight is 246 g/mol. The molecule has 0 spiro atoms. The molecule has 0 saturated heterocycles. The highest BCUT2D eigenvalue weighted by Crippen LogP contribution is 2.43.